The summed E-state index contributed by atoms with van der Waals surface area (Å²) in [5.74, 6) is 0.468. The van der Waals surface area contributed by atoms with Gasteiger partial charge in [0.25, 0.3) is 0 Å². The Labute approximate surface area is 127 Å². The highest BCUT2D eigenvalue weighted by atomic mass is 19.4. The Morgan fingerprint density at radius 2 is 2.14 bits per heavy atom. The second-order valence-electron chi connectivity index (χ2n) is 5.56. The lowest BCUT2D eigenvalue weighted by atomic mass is 10.1. The minimum atomic E-state index is -4.18. The van der Waals surface area contributed by atoms with Crippen molar-refractivity contribution in [2.24, 2.45) is 0 Å². The number of alkyl halides is 3. The molecule has 0 amide bonds. The maximum atomic E-state index is 12.3. The highest BCUT2D eigenvalue weighted by Crippen LogP contribution is 2.22. The Hall–Kier alpha value is -1.41. The van der Waals surface area contributed by atoms with Crippen LogP contribution in [0.25, 0.3) is 0 Å². The SMILES string of the molecule is CN1CCN(c2nccc(CCC(F)(F)F)n2)C[C@@H]1CCO. The van der Waals surface area contributed by atoms with Gasteiger partial charge >= 0.3 is 6.18 Å². The molecule has 2 heterocycles. The van der Waals surface area contributed by atoms with Crippen molar-refractivity contribution < 1.29 is 18.3 Å². The molecule has 0 radical (unpaired) electrons. The van der Waals surface area contributed by atoms with Crippen molar-refractivity contribution >= 4 is 5.95 Å². The summed E-state index contributed by atoms with van der Waals surface area (Å²) in [6.07, 6.45) is -3.02. The monoisotopic (exact) mass is 318 g/mol. The quantitative estimate of drug-likeness (QED) is 0.891. The van der Waals surface area contributed by atoms with Crippen molar-refractivity contribution in [1.82, 2.24) is 14.9 Å². The van der Waals surface area contributed by atoms with Crippen molar-refractivity contribution in [3.8, 4) is 0 Å². The van der Waals surface area contributed by atoms with E-state index in [-0.39, 0.29) is 19.1 Å². The number of aromatic nitrogens is 2. The number of piperazine rings is 1. The third-order valence-electron chi connectivity index (χ3n) is 3.89. The molecule has 5 nitrogen and oxygen atoms in total. The lowest BCUT2D eigenvalue weighted by Gasteiger charge is -2.39. The molecule has 8 heteroatoms. The van der Waals surface area contributed by atoms with Gasteiger partial charge in [0, 0.05) is 50.6 Å². The standard InChI is InChI=1S/C14H21F3N4O/c1-20-7-8-21(10-12(20)4-9-22)13-18-6-3-11(19-13)2-5-14(15,16)17/h3,6,12,22H,2,4-5,7-10H2,1H3/t12-/m0/s1. The maximum absolute atomic E-state index is 12.3. The van der Waals surface area contributed by atoms with Crippen LogP contribution in [0.4, 0.5) is 19.1 Å². The van der Waals surface area contributed by atoms with Crippen LogP contribution in [-0.4, -0.2) is 65.5 Å². The summed E-state index contributed by atoms with van der Waals surface area (Å²) in [5.41, 5.74) is 0.403. The van der Waals surface area contributed by atoms with Crippen LogP contribution in [-0.2, 0) is 6.42 Å². The number of nitrogens with zero attached hydrogens (tertiary/aromatic N) is 4. The van der Waals surface area contributed by atoms with Gasteiger partial charge in [-0.15, -0.1) is 0 Å². The predicted octanol–water partition coefficient (Wildman–Crippen LogP) is 1.47. The van der Waals surface area contributed by atoms with Gasteiger partial charge in [-0.1, -0.05) is 0 Å². The Balaban J connectivity index is 2.02. The normalized spacial score (nSPS) is 20.4. The summed E-state index contributed by atoms with van der Waals surface area (Å²) >= 11 is 0. The molecule has 0 aliphatic carbocycles. The minimum absolute atomic E-state index is 0.106. The molecule has 1 N–H and O–H groups in total. The van der Waals surface area contributed by atoms with E-state index >= 15 is 0 Å². The Bertz CT molecular complexity index is 483. The van der Waals surface area contributed by atoms with E-state index in [1.54, 1.807) is 0 Å². The second kappa shape index (κ2) is 7.23. The van der Waals surface area contributed by atoms with Crippen LogP contribution in [0.15, 0.2) is 12.3 Å². The zero-order valence-corrected chi connectivity index (χ0v) is 12.6. The van der Waals surface area contributed by atoms with Crippen LogP contribution in [0.1, 0.15) is 18.5 Å². The van der Waals surface area contributed by atoms with Crippen molar-refractivity contribution in [2.75, 3.05) is 38.2 Å². The molecule has 1 aromatic heterocycles. The summed E-state index contributed by atoms with van der Waals surface area (Å²) in [4.78, 5) is 12.6. The molecular weight excluding hydrogens is 297 g/mol. The minimum Gasteiger partial charge on any atom is -0.396 e. The first kappa shape index (κ1) is 17.0. The van der Waals surface area contributed by atoms with E-state index in [9.17, 15) is 13.2 Å². The summed E-state index contributed by atoms with van der Waals surface area (Å²) in [7, 11) is 2.00. The highest BCUT2D eigenvalue weighted by Gasteiger charge is 2.28. The van der Waals surface area contributed by atoms with E-state index in [0.29, 0.717) is 24.6 Å². The summed E-state index contributed by atoms with van der Waals surface area (Å²) in [6.45, 7) is 2.30. The average Bonchev–Trinajstić information content (AvgIpc) is 2.47. The Morgan fingerprint density at radius 3 is 2.82 bits per heavy atom. The second-order valence-corrected chi connectivity index (χ2v) is 5.56. The van der Waals surface area contributed by atoms with Gasteiger partial charge in [-0.05, 0) is 26.0 Å². The van der Waals surface area contributed by atoms with Crippen LogP contribution in [0, 0.1) is 0 Å². The highest BCUT2D eigenvalue weighted by molar-refractivity contribution is 5.31. The molecular formula is C14H21F3N4O. The molecule has 1 aliphatic rings. The van der Waals surface area contributed by atoms with Crippen molar-refractivity contribution in [3.63, 3.8) is 0 Å². The van der Waals surface area contributed by atoms with Crippen molar-refractivity contribution in [3.05, 3.63) is 18.0 Å². The molecule has 2 rings (SSSR count). The fraction of sp³-hybridized carbons (Fsp3) is 0.714. The zero-order valence-electron chi connectivity index (χ0n) is 12.6. The van der Waals surface area contributed by atoms with Crippen molar-refractivity contribution in [2.45, 2.75) is 31.5 Å². The fourth-order valence-electron chi connectivity index (χ4n) is 2.53. The molecule has 22 heavy (non-hydrogen) atoms. The Kier molecular flexibility index (Phi) is 5.57. The lowest BCUT2D eigenvalue weighted by molar-refractivity contribution is -0.134. The summed E-state index contributed by atoms with van der Waals surface area (Å²) in [6, 6.07) is 1.72. The molecule has 1 atom stereocenters. The first-order valence-corrected chi connectivity index (χ1v) is 7.34. The van der Waals surface area contributed by atoms with Gasteiger partial charge in [-0.3, -0.25) is 4.90 Å². The van der Waals surface area contributed by atoms with Gasteiger partial charge in [0.15, 0.2) is 0 Å². The topological polar surface area (TPSA) is 52.5 Å². The number of aryl methyl sites for hydroxylation is 1. The third-order valence-corrected chi connectivity index (χ3v) is 3.89. The molecule has 0 aromatic carbocycles. The van der Waals surface area contributed by atoms with Gasteiger partial charge in [0.05, 0.1) is 0 Å². The predicted molar refractivity (Wildman–Crippen MR) is 76.7 cm³/mol. The van der Waals surface area contributed by atoms with Gasteiger partial charge < -0.3 is 10.0 Å². The van der Waals surface area contributed by atoms with E-state index in [1.807, 2.05) is 11.9 Å². The summed E-state index contributed by atoms with van der Waals surface area (Å²) in [5, 5.41) is 9.10. The molecule has 0 unspecified atom stereocenters. The van der Waals surface area contributed by atoms with Crippen LogP contribution in [0.3, 0.4) is 0 Å². The third kappa shape index (κ3) is 4.81. The smallest absolute Gasteiger partial charge is 0.389 e. The van der Waals surface area contributed by atoms with E-state index in [1.165, 1.54) is 12.3 Å². The van der Waals surface area contributed by atoms with Gasteiger partial charge in [-0.2, -0.15) is 13.2 Å². The van der Waals surface area contributed by atoms with Crippen molar-refractivity contribution in [1.29, 1.82) is 0 Å². The molecule has 1 aromatic rings. The number of rotatable bonds is 5. The molecule has 124 valence electrons. The average molecular weight is 318 g/mol. The largest absolute Gasteiger partial charge is 0.396 e. The number of hydrogen-bond donors (Lipinski definition) is 1. The number of hydrogen-bond acceptors (Lipinski definition) is 5. The van der Waals surface area contributed by atoms with Gasteiger partial charge in [0.2, 0.25) is 5.95 Å². The Morgan fingerprint density at radius 1 is 1.36 bits per heavy atom. The van der Waals surface area contributed by atoms with E-state index in [0.717, 1.165) is 13.1 Å². The van der Waals surface area contributed by atoms with Crippen LogP contribution in [0.2, 0.25) is 0 Å². The first-order chi connectivity index (χ1) is 10.4. The van der Waals surface area contributed by atoms with Crippen LogP contribution < -0.4 is 4.90 Å². The molecule has 1 fully saturated rings. The number of aliphatic hydroxyl groups is 1. The number of aliphatic hydroxyl groups excluding tert-OH is 1. The summed E-state index contributed by atoms with van der Waals surface area (Å²) < 4.78 is 36.9. The fourth-order valence-corrected chi connectivity index (χ4v) is 2.53. The van der Waals surface area contributed by atoms with E-state index in [2.05, 4.69) is 14.9 Å². The molecule has 1 saturated heterocycles. The van der Waals surface area contributed by atoms with Crippen LogP contribution in [0.5, 0.6) is 0 Å². The van der Waals surface area contributed by atoms with E-state index < -0.39 is 12.6 Å². The van der Waals surface area contributed by atoms with Crippen LogP contribution >= 0.6 is 0 Å². The van der Waals surface area contributed by atoms with E-state index in [4.69, 9.17) is 5.11 Å². The number of halogens is 3. The molecule has 0 spiro atoms. The first-order valence-electron chi connectivity index (χ1n) is 7.34. The molecule has 1 aliphatic heterocycles. The van der Waals surface area contributed by atoms with Gasteiger partial charge in [-0.25, -0.2) is 9.97 Å². The number of anilines is 1. The maximum Gasteiger partial charge on any atom is 0.389 e. The lowest BCUT2D eigenvalue weighted by Crippen LogP contribution is -2.52. The van der Waals surface area contributed by atoms with Gasteiger partial charge in [0.1, 0.15) is 0 Å². The number of likely N-dealkylation sites (N-methyl/N-ethyl adjacent to an activating group) is 1. The molecule has 0 bridgehead atoms. The zero-order chi connectivity index (χ0) is 16.2. The molecule has 0 saturated carbocycles.